The van der Waals surface area contributed by atoms with Crippen LogP contribution in [0.15, 0.2) is 36.8 Å². The highest BCUT2D eigenvalue weighted by Crippen LogP contribution is 2.14. The van der Waals surface area contributed by atoms with Crippen molar-refractivity contribution in [1.82, 2.24) is 15.0 Å². The lowest BCUT2D eigenvalue weighted by molar-refractivity contribution is -0.116. The average molecular weight is 213 g/mol. The first-order valence-electron chi connectivity index (χ1n) is 4.97. The quantitative estimate of drug-likeness (QED) is 0.778. The SMILES string of the molecule is CC(=O)Cc1nccc(-c2ccncc2)n1. The molecule has 0 amide bonds. The van der Waals surface area contributed by atoms with Crippen LogP contribution in [0.3, 0.4) is 0 Å². The molecule has 0 unspecified atom stereocenters. The topological polar surface area (TPSA) is 55.7 Å². The molecule has 4 nitrogen and oxygen atoms in total. The van der Waals surface area contributed by atoms with Crippen LogP contribution in [0.2, 0.25) is 0 Å². The van der Waals surface area contributed by atoms with Gasteiger partial charge in [0.25, 0.3) is 0 Å². The van der Waals surface area contributed by atoms with Crippen molar-refractivity contribution in [1.29, 1.82) is 0 Å². The zero-order valence-corrected chi connectivity index (χ0v) is 8.92. The normalized spacial score (nSPS) is 10.1. The molecule has 0 saturated carbocycles. The van der Waals surface area contributed by atoms with Crippen molar-refractivity contribution in [2.24, 2.45) is 0 Å². The van der Waals surface area contributed by atoms with Gasteiger partial charge < -0.3 is 0 Å². The number of carbonyl (C=O) groups is 1. The van der Waals surface area contributed by atoms with Crippen LogP contribution in [0, 0.1) is 0 Å². The van der Waals surface area contributed by atoms with Crippen LogP contribution in [0.25, 0.3) is 11.3 Å². The van der Waals surface area contributed by atoms with Gasteiger partial charge in [-0.2, -0.15) is 0 Å². The highest BCUT2D eigenvalue weighted by molar-refractivity contribution is 5.77. The molecule has 0 aliphatic carbocycles. The number of nitrogens with zero attached hydrogens (tertiary/aromatic N) is 3. The van der Waals surface area contributed by atoms with Crippen LogP contribution in [0.4, 0.5) is 0 Å². The molecular weight excluding hydrogens is 202 g/mol. The molecule has 80 valence electrons. The van der Waals surface area contributed by atoms with E-state index in [1.54, 1.807) is 18.6 Å². The predicted molar refractivity (Wildman–Crippen MR) is 59.6 cm³/mol. The Labute approximate surface area is 93.4 Å². The lowest BCUT2D eigenvalue weighted by Gasteiger charge is -2.01. The monoisotopic (exact) mass is 213 g/mol. The van der Waals surface area contributed by atoms with Gasteiger partial charge >= 0.3 is 0 Å². The molecular formula is C12H11N3O. The highest BCUT2D eigenvalue weighted by Gasteiger charge is 2.03. The molecule has 2 aromatic rings. The average Bonchev–Trinajstić information content (AvgIpc) is 2.30. The summed E-state index contributed by atoms with van der Waals surface area (Å²) in [7, 11) is 0. The van der Waals surface area contributed by atoms with Gasteiger partial charge in [-0.05, 0) is 25.1 Å². The number of ketones is 1. The van der Waals surface area contributed by atoms with Crippen molar-refractivity contribution in [3.63, 3.8) is 0 Å². The third-order valence-corrected chi connectivity index (χ3v) is 2.09. The number of Topliss-reactive ketones (excluding diaryl/α,β-unsaturated/α-hetero) is 1. The van der Waals surface area contributed by atoms with Gasteiger partial charge in [-0.15, -0.1) is 0 Å². The third-order valence-electron chi connectivity index (χ3n) is 2.09. The van der Waals surface area contributed by atoms with E-state index in [0.29, 0.717) is 5.82 Å². The van der Waals surface area contributed by atoms with Gasteiger partial charge in [-0.25, -0.2) is 9.97 Å². The van der Waals surface area contributed by atoms with Crippen molar-refractivity contribution >= 4 is 5.78 Å². The van der Waals surface area contributed by atoms with E-state index in [0.717, 1.165) is 11.3 Å². The molecule has 0 aromatic carbocycles. The van der Waals surface area contributed by atoms with Crippen molar-refractivity contribution in [2.45, 2.75) is 13.3 Å². The molecule has 0 bridgehead atoms. The molecule has 0 spiro atoms. The number of pyridine rings is 1. The lowest BCUT2D eigenvalue weighted by atomic mass is 10.2. The summed E-state index contributed by atoms with van der Waals surface area (Å²) in [6.07, 6.45) is 5.37. The third kappa shape index (κ3) is 2.48. The Kier molecular flexibility index (Phi) is 3.00. The summed E-state index contributed by atoms with van der Waals surface area (Å²) in [5.74, 6) is 0.619. The van der Waals surface area contributed by atoms with Crippen molar-refractivity contribution in [3.05, 3.63) is 42.6 Å². The zero-order valence-electron chi connectivity index (χ0n) is 8.92. The molecule has 2 aromatic heterocycles. The molecule has 0 aliphatic heterocycles. The summed E-state index contributed by atoms with van der Waals surface area (Å²) >= 11 is 0. The minimum absolute atomic E-state index is 0.0619. The Morgan fingerprint density at radius 2 is 1.94 bits per heavy atom. The summed E-state index contributed by atoms with van der Waals surface area (Å²) in [4.78, 5) is 23.3. The van der Waals surface area contributed by atoms with Gasteiger partial charge in [0.15, 0.2) is 0 Å². The second-order valence-corrected chi connectivity index (χ2v) is 3.47. The van der Waals surface area contributed by atoms with E-state index in [9.17, 15) is 4.79 Å². The Hall–Kier alpha value is -2.10. The molecule has 16 heavy (non-hydrogen) atoms. The van der Waals surface area contributed by atoms with E-state index < -0.39 is 0 Å². The summed E-state index contributed by atoms with van der Waals surface area (Å²) in [6.45, 7) is 1.53. The Bertz CT molecular complexity index is 497. The maximum Gasteiger partial charge on any atom is 0.137 e. The van der Waals surface area contributed by atoms with Gasteiger partial charge in [0.2, 0.25) is 0 Å². The van der Waals surface area contributed by atoms with Crippen LogP contribution >= 0.6 is 0 Å². The van der Waals surface area contributed by atoms with Crippen molar-refractivity contribution < 1.29 is 4.79 Å². The Morgan fingerprint density at radius 3 is 2.62 bits per heavy atom. The molecule has 0 fully saturated rings. The predicted octanol–water partition coefficient (Wildman–Crippen LogP) is 1.67. The maximum atomic E-state index is 11.0. The summed E-state index contributed by atoms with van der Waals surface area (Å²) in [5.41, 5.74) is 1.79. The van der Waals surface area contributed by atoms with Crippen LogP contribution in [0.1, 0.15) is 12.7 Å². The van der Waals surface area contributed by atoms with Crippen LogP contribution in [0.5, 0.6) is 0 Å². The number of carbonyl (C=O) groups excluding carboxylic acids is 1. The van der Waals surface area contributed by atoms with E-state index in [2.05, 4.69) is 15.0 Å². The van der Waals surface area contributed by atoms with Crippen molar-refractivity contribution in [3.8, 4) is 11.3 Å². The molecule has 0 N–H and O–H groups in total. The van der Waals surface area contributed by atoms with Gasteiger partial charge in [-0.1, -0.05) is 0 Å². The fraction of sp³-hybridized carbons (Fsp3) is 0.167. The van der Waals surface area contributed by atoms with Crippen LogP contribution < -0.4 is 0 Å². The summed E-state index contributed by atoms with van der Waals surface area (Å²) in [6, 6.07) is 5.57. The van der Waals surface area contributed by atoms with Gasteiger partial charge in [0.1, 0.15) is 11.6 Å². The van der Waals surface area contributed by atoms with Gasteiger partial charge in [0.05, 0.1) is 12.1 Å². The first-order chi connectivity index (χ1) is 7.75. The highest BCUT2D eigenvalue weighted by atomic mass is 16.1. The number of hydrogen-bond acceptors (Lipinski definition) is 4. The summed E-state index contributed by atoms with van der Waals surface area (Å²) < 4.78 is 0. The van der Waals surface area contributed by atoms with E-state index in [1.807, 2.05) is 18.2 Å². The Morgan fingerprint density at radius 1 is 1.19 bits per heavy atom. The second-order valence-electron chi connectivity index (χ2n) is 3.47. The molecule has 4 heteroatoms. The van der Waals surface area contributed by atoms with E-state index in [-0.39, 0.29) is 12.2 Å². The minimum atomic E-state index is 0.0619. The van der Waals surface area contributed by atoms with E-state index in [1.165, 1.54) is 6.92 Å². The molecule has 2 rings (SSSR count). The zero-order chi connectivity index (χ0) is 11.4. The van der Waals surface area contributed by atoms with E-state index in [4.69, 9.17) is 0 Å². The molecule has 0 aliphatic rings. The maximum absolute atomic E-state index is 11.0. The fourth-order valence-electron chi connectivity index (χ4n) is 1.39. The molecule has 0 atom stereocenters. The lowest BCUT2D eigenvalue weighted by Crippen LogP contribution is -2.02. The first-order valence-corrected chi connectivity index (χ1v) is 4.97. The van der Waals surface area contributed by atoms with Crippen molar-refractivity contribution in [2.75, 3.05) is 0 Å². The summed E-state index contributed by atoms with van der Waals surface area (Å²) in [5, 5.41) is 0. The number of hydrogen-bond donors (Lipinski definition) is 0. The first kappa shape index (κ1) is 10.4. The van der Waals surface area contributed by atoms with Crippen LogP contribution in [-0.4, -0.2) is 20.7 Å². The van der Waals surface area contributed by atoms with E-state index >= 15 is 0 Å². The second kappa shape index (κ2) is 4.61. The molecule has 0 radical (unpaired) electrons. The minimum Gasteiger partial charge on any atom is -0.300 e. The fourth-order valence-corrected chi connectivity index (χ4v) is 1.39. The standard InChI is InChI=1S/C12H11N3O/c1-9(16)8-12-14-7-4-11(15-12)10-2-5-13-6-3-10/h2-7H,8H2,1H3. The molecule has 2 heterocycles. The van der Waals surface area contributed by atoms with Gasteiger partial charge in [-0.3, -0.25) is 9.78 Å². The molecule has 0 saturated heterocycles. The number of rotatable bonds is 3. The Balaban J connectivity index is 2.33. The smallest absolute Gasteiger partial charge is 0.137 e. The van der Waals surface area contributed by atoms with Crippen LogP contribution in [-0.2, 0) is 11.2 Å². The number of aromatic nitrogens is 3. The van der Waals surface area contributed by atoms with Gasteiger partial charge in [0, 0.05) is 24.2 Å². The largest absolute Gasteiger partial charge is 0.300 e.